The van der Waals surface area contributed by atoms with E-state index in [0.717, 1.165) is 0 Å². The van der Waals surface area contributed by atoms with Gasteiger partial charge in [-0.05, 0) is 0 Å². The van der Waals surface area contributed by atoms with Crippen LogP contribution in [0.1, 0.15) is 53.4 Å². The number of rotatable bonds is 8. The van der Waals surface area contributed by atoms with Crippen LogP contribution in [0.4, 0.5) is 0 Å². The van der Waals surface area contributed by atoms with Crippen molar-refractivity contribution in [2.45, 2.75) is 71.1 Å². The first kappa shape index (κ1) is 16.4. The Morgan fingerprint density at radius 1 is 0.562 bits per heavy atom. The molecule has 1 aliphatic rings. The van der Waals surface area contributed by atoms with Gasteiger partial charge in [-0.3, -0.25) is 0 Å². The molecule has 1 saturated heterocycles. The summed E-state index contributed by atoms with van der Waals surface area (Å²) in [5.74, 6) is 0. The van der Waals surface area contributed by atoms with Crippen LogP contribution >= 0.6 is 12.3 Å². The van der Waals surface area contributed by atoms with E-state index in [9.17, 15) is 0 Å². The van der Waals surface area contributed by atoms with E-state index in [1.807, 2.05) is 0 Å². The van der Waals surface area contributed by atoms with Crippen LogP contribution < -0.4 is 0 Å². The Morgan fingerprint density at radius 3 is 1.00 bits per heavy atom. The van der Waals surface area contributed by atoms with E-state index in [1.54, 1.807) is 17.7 Å². The van der Waals surface area contributed by atoms with Crippen molar-refractivity contribution in [3.8, 4) is 0 Å². The van der Waals surface area contributed by atoms with Crippen molar-refractivity contribution in [2.24, 2.45) is 0 Å². The summed E-state index contributed by atoms with van der Waals surface area (Å²) in [6.45, 7) is 9.63. The van der Waals surface area contributed by atoms with Crippen molar-refractivity contribution in [3.05, 3.63) is 0 Å². The monoisotopic (exact) mass is 476 g/mol. The van der Waals surface area contributed by atoms with Crippen LogP contribution in [-0.2, 0) is 0 Å². The van der Waals surface area contributed by atoms with Crippen molar-refractivity contribution in [1.29, 1.82) is 0 Å². The Labute approximate surface area is 113 Å². The van der Waals surface area contributed by atoms with Crippen molar-refractivity contribution >= 4 is 43.5 Å². The first-order chi connectivity index (χ1) is 7.66. The maximum absolute atomic E-state index is 2.75. The van der Waals surface area contributed by atoms with Crippen LogP contribution in [0.3, 0.4) is 0 Å². The summed E-state index contributed by atoms with van der Waals surface area (Å²) < 4.78 is 6.68. The van der Waals surface area contributed by atoms with Gasteiger partial charge in [0, 0.05) is 0 Å². The van der Waals surface area contributed by atoms with Gasteiger partial charge >= 0.3 is 115 Å². The summed E-state index contributed by atoms with van der Waals surface area (Å²) in [5.41, 5.74) is 0. The van der Waals surface area contributed by atoms with Gasteiger partial charge in [0.2, 0.25) is 0 Å². The molecule has 0 aliphatic carbocycles. The summed E-state index contributed by atoms with van der Waals surface area (Å²) in [7, 11) is 0. The standard InChI is InChI=1S/4C3H7.2S.2Sn/c4*1-3-2;;;;/h4*1,3H2,2H3;;;;. The van der Waals surface area contributed by atoms with E-state index < -0.39 is 31.2 Å². The molecular weight excluding hydrogens is 446 g/mol. The average Bonchev–Trinajstić information content (AvgIpc) is 2.17. The molecule has 0 aromatic heterocycles. The van der Waals surface area contributed by atoms with Crippen LogP contribution in [0.2, 0.25) is 17.7 Å². The number of hydrogen-bond acceptors (Lipinski definition) is 2. The van der Waals surface area contributed by atoms with Gasteiger partial charge in [0.25, 0.3) is 0 Å². The maximum atomic E-state index is 2.75. The second kappa shape index (κ2) is 7.78. The van der Waals surface area contributed by atoms with E-state index in [2.05, 4.69) is 40.0 Å². The van der Waals surface area contributed by atoms with Crippen molar-refractivity contribution in [3.63, 3.8) is 0 Å². The van der Waals surface area contributed by atoms with Gasteiger partial charge in [0.05, 0.1) is 0 Å². The molecule has 4 heteroatoms. The zero-order valence-electron chi connectivity index (χ0n) is 11.5. The third-order valence-electron chi connectivity index (χ3n) is 3.27. The van der Waals surface area contributed by atoms with Crippen LogP contribution in [0, 0.1) is 0 Å². The van der Waals surface area contributed by atoms with Crippen molar-refractivity contribution in [1.82, 2.24) is 0 Å². The molecule has 1 fully saturated rings. The zero-order valence-corrected chi connectivity index (χ0v) is 18.8. The quantitative estimate of drug-likeness (QED) is 0.397. The SMILES string of the molecule is CC[CH2][Sn]1([CH2]CC)[S][Sn]([CH2]CC)([CH2]CC)[S]1. The van der Waals surface area contributed by atoms with Gasteiger partial charge in [-0.2, -0.15) is 0 Å². The Bertz CT molecular complexity index is 167. The minimum atomic E-state index is -1.60. The molecule has 1 rings (SSSR count). The van der Waals surface area contributed by atoms with Gasteiger partial charge in [-0.15, -0.1) is 0 Å². The Balaban J connectivity index is 2.56. The van der Waals surface area contributed by atoms with Crippen LogP contribution in [-0.4, -0.2) is 31.2 Å². The second-order valence-electron chi connectivity index (χ2n) is 5.03. The van der Waals surface area contributed by atoms with E-state index in [-0.39, 0.29) is 0 Å². The Kier molecular flexibility index (Phi) is 7.95. The third-order valence-corrected chi connectivity index (χ3v) is 173. The summed E-state index contributed by atoms with van der Waals surface area (Å²) >= 11 is -3.20. The molecule has 0 radical (unpaired) electrons. The molecule has 0 atom stereocenters. The van der Waals surface area contributed by atoms with Crippen molar-refractivity contribution in [2.75, 3.05) is 0 Å². The molecule has 0 aromatic carbocycles. The van der Waals surface area contributed by atoms with Gasteiger partial charge in [-0.25, -0.2) is 0 Å². The summed E-state index contributed by atoms with van der Waals surface area (Å²) in [6, 6.07) is 0. The summed E-state index contributed by atoms with van der Waals surface area (Å²) in [5, 5.41) is 0. The molecule has 0 saturated carbocycles. The molecule has 1 aliphatic heterocycles. The molecule has 0 unspecified atom stereocenters. The van der Waals surface area contributed by atoms with E-state index >= 15 is 0 Å². The van der Waals surface area contributed by atoms with E-state index in [4.69, 9.17) is 0 Å². The zero-order chi connectivity index (χ0) is 12.1. The summed E-state index contributed by atoms with van der Waals surface area (Å²) in [4.78, 5) is 0. The number of hydrogen-bond donors (Lipinski definition) is 0. The summed E-state index contributed by atoms with van der Waals surface area (Å²) in [6.07, 6.45) is 11.4. The molecule has 96 valence electrons. The first-order valence-electron chi connectivity index (χ1n) is 7.06. The minimum absolute atomic E-state index is 1.47. The molecule has 0 amide bonds. The van der Waals surface area contributed by atoms with Gasteiger partial charge < -0.3 is 0 Å². The average molecular weight is 474 g/mol. The van der Waals surface area contributed by atoms with Crippen LogP contribution in [0.5, 0.6) is 0 Å². The van der Waals surface area contributed by atoms with Crippen LogP contribution in [0.25, 0.3) is 0 Å². The molecule has 0 aromatic rings. The second-order valence-corrected chi connectivity index (χ2v) is 72.9. The fourth-order valence-corrected chi connectivity index (χ4v) is 245. The predicted molar refractivity (Wildman–Crippen MR) is 87.1 cm³/mol. The van der Waals surface area contributed by atoms with E-state index in [0.29, 0.717) is 0 Å². The first-order valence-corrected chi connectivity index (χ1v) is 30.7. The van der Waals surface area contributed by atoms with E-state index in [1.165, 1.54) is 25.7 Å². The third kappa shape index (κ3) is 4.15. The fraction of sp³-hybridized carbons (Fsp3) is 1.00. The molecular formula is C12H28S2Sn2. The van der Waals surface area contributed by atoms with Gasteiger partial charge in [0.15, 0.2) is 0 Å². The molecule has 0 bridgehead atoms. The molecule has 0 N–H and O–H groups in total. The topological polar surface area (TPSA) is 0 Å². The molecule has 0 spiro atoms. The Hall–Kier alpha value is 2.30. The molecule has 1 heterocycles. The van der Waals surface area contributed by atoms with Crippen molar-refractivity contribution < 1.29 is 0 Å². The molecule has 0 nitrogen and oxygen atoms in total. The normalized spacial score (nSPS) is 21.8. The fourth-order valence-electron chi connectivity index (χ4n) is 2.87. The predicted octanol–water partition coefficient (Wildman–Crippen LogP) is 5.99. The molecule has 16 heavy (non-hydrogen) atoms. The van der Waals surface area contributed by atoms with Gasteiger partial charge in [0.1, 0.15) is 0 Å². The van der Waals surface area contributed by atoms with Crippen LogP contribution in [0.15, 0.2) is 0 Å². The Morgan fingerprint density at radius 2 is 0.812 bits per heavy atom. The van der Waals surface area contributed by atoms with Gasteiger partial charge in [-0.1, -0.05) is 0 Å².